The summed E-state index contributed by atoms with van der Waals surface area (Å²) in [7, 11) is 0. The number of aliphatic hydroxyl groups is 2. The monoisotopic (exact) mass is 260 g/mol. The molecule has 0 bridgehead atoms. The second-order valence-electron chi connectivity index (χ2n) is 3.37. The first-order valence-corrected chi connectivity index (χ1v) is 5.01. The van der Waals surface area contributed by atoms with Gasteiger partial charge in [-0.05, 0) is 35.0 Å². The maximum atomic E-state index is 9.49. The summed E-state index contributed by atoms with van der Waals surface area (Å²) in [4.78, 5) is 4.06. The molecule has 0 saturated heterocycles. The van der Waals surface area contributed by atoms with Crippen LogP contribution in [0, 0.1) is 0 Å². The number of rotatable bonds is 4. The van der Waals surface area contributed by atoms with Crippen LogP contribution in [0.2, 0.25) is 0 Å². The summed E-state index contributed by atoms with van der Waals surface area (Å²) in [6.07, 6.45) is 1.66. The summed E-state index contributed by atoms with van der Waals surface area (Å²) < 4.78 is 0.900. The van der Waals surface area contributed by atoms with E-state index in [1.54, 1.807) is 19.2 Å². The molecular formula is C9H13BrN2O2. The standard InChI is InChI=1S/C9H13BrN2O2/c1-9(14,6-13)5-12-8-3-2-7(10)4-11-8/h2-4,13-14H,5-6H2,1H3,(H,11,12). The highest BCUT2D eigenvalue weighted by Gasteiger charge is 2.18. The van der Waals surface area contributed by atoms with Crippen LogP contribution in [0.5, 0.6) is 0 Å². The molecule has 1 heterocycles. The Morgan fingerprint density at radius 2 is 2.29 bits per heavy atom. The molecule has 0 fully saturated rings. The van der Waals surface area contributed by atoms with E-state index in [0.717, 1.165) is 4.47 Å². The van der Waals surface area contributed by atoms with Gasteiger partial charge >= 0.3 is 0 Å². The highest BCUT2D eigenvalue weighted by atomic mass is 79.9. The minimum absolute atomic E-state index is 0.262. The van der Waals surface area contributed by atoms with Gasteiger partial charge in [0.2, 0.25) is 0 Å². The molecule has 0 saturated carbocycles. The van der Waals surface area contributed by atoms with Gasteiger partial charge in [0.15, 0.2) is 0 Å². The van der Waals surface area contributed by atoms with Gasteiger partial charge in [0.1, 0.15) is 11.4 Å². The van der Waals surface area contributed by atoms with Gasteiger partial charge in [0.05, 0.1) is 6.61 Å². The molecule has 5 heteroatoms. The third kappa shape index (κ3) is 3.61. The Hall–Kier alpha value is -0.650. The van der Waals surface area contributed by atoms with Gasteiger partial charge < -0.3 is 15.5 Å². The lowest BCUT2D eigenvalue weighted by atomic mass is 10.1. The van der Waals surface area contributed by atoms with Crippen molar-refractivity contribution in [2.24, 2.45) is 0 Å². The molecule has 1 rings (SSSR count). The van der Waals surface area contributed by atoms with Crippen molar-refractivity contribution in [1.29, 1.82) is 0 Å². The van der Waals surface area contributed by atoms with Crippen LogP contribution in [0.3, 0.4) is 0 Å². The molecule has 0 radical (unpaired) electrons. The Kier molecular flexibility index (Phi) is 3.86. The van der Waals surface area contributed by atoms with Crippen LogP contribution in [0.4, 0.5) is 5.82 Å². The second-order valence-corrected chi connectivity index (χ2v) is 4.29. The topological polar surface area (TPSA) is 65.4 Å². The van der Waals surface area contributed by atoms with E-state index in [4.69, 9.17) is 5.11 Å². The van der Waals surface area contributed by atoms with Crippen molar-refractivity contribution in [2.45, 2.75) is 12.5 Å². The van der Waals surface area contributed by atoms with Gasteiger partial charge in [-0.3, -0.25) is 0 Å². The fourth-order valence-electron chi connectivity index (χ4n) is 0.817. The molecule has 1 aromatic heterocycles. The number of aliphatic hydroxyl groups excluding tert-OH is 1. The normalized spacial score (nSPS) is 14.9. The van der Waals surface area contributed by atoms with Crippen molar-refractivity contribution in [3.8, 4) is 0 Å². The van der Waals surface area contributed by atoms with Crippen LogP contribution < -0.4 is 5.32 Å². The smallest absolute Gasteiger partial charge is 0.126 e. The van der Waals surface area contributed by atoms with Crippen molar-refractivity contribution in [3.05, 3.63) is 22.8 Å². The Balaban J connectivity index is 2.50. The lowest BCUT2D eigenvalue weighted by Crippen LogP contribution is -2.37. The first-order valence-electron chi connectivity index (χ1n) is 4.22. The molecule has 0 aliphatic heterocycles. The number of hydrogen-bond acceptors (Lipinski definition) is 4. The molecule has 14 heavy (non-hydrogen) atoms. The maximum absolute atomic E-state index is 9.49. The fraction of sp³-hybridized carbons (Fsp3) is 0.444. The van der Waals surface area contributed by atoms with E-state index in [1.807, 2.05) is 6.07 Å². The molecule has 1 unspecified atom stereocenters. The van der Waals surface area contributed by atoms with Gasteiger partial charge in [-0.15, -0.1) is 0 Å². The molecule has 3 N–H and O–H groups in total. The van der Waals surface area contributed by atoms with Gasteiger partial charge in [-0.25, -0.2) is 4.98 Å². The number of nitrogens with one attached hydrogen (secondary N) is 1. The largest absolute Gasteiger partial charge is 0.393 e. The minimum atomic E-state index is -1.12. The summed E-state index contributed by atoms with van der Waals surface area (Å²) >= 11 is 3.27. The summed E-state index contributed by atoms with van der Waals surface area (Å²) in [5.41, 5.74) is -1.12. The molecule has 1 aromatic rings. The highest BCUT2D eigenvalue weighted by molar-refractivity contribution is 9.10. The average Bonchev–Trinajstić information content (AvgIpc) is 2.17. The van der Waals surface area contributed by atoms with Crippen LogP contribution in [0.25, 0.3) is 0 Å². The number of aromatic nitrogens is 1. The molecule has 0 aliphatic carbocycles. The van der Waals surface area contributed by atoms with E-state index in [-0.39, 0.29) is 13.2 Å². The first kappa shape index (κ1) is 11.4. The van der Waals surface area contributed by atoms with Gasteiger partial charge in [-0.2, -0.15) is 0 Å². The zero-order valence-electron chi connectivity index (χ0n) is 7.87. The predicted molar refractivity (Wildman–Crippen MR) is 58.1 cm³/mol. The van der Waals surface area contributed by atoms with Crippen LogP contribution in [-0.4, -0.2) is 33.9 Å². The van der Waals surface area contributed by atoms with Gasteiger partial charge in [-0.1, -0.05) is 0 Å². The zero-order valence-corrected chi connectivity index (χ0v) is 9.45. The number of halogens is 1. The summed E-state index contributed by atoms with van der Waals surface area (Å²) in [6.45, 7) is 1.54. The van der Waals surface area contributed by atoms with E-state index in [1.165, 1.54) is 0 Å². The molecule has 0 amide bonds. The molecule has 78 valence electrons. The maximum Gasteiger partial charge on any atom is 0.126 e. The minimum Gasteiger partial charge on any atom is -0.393 e. The number of anilines is 1. The molecule has 0 spiro atoms. The quantitative estimate of drug-likeness (QED) is 0.756. The van der Waals surface area contributed by atoms with Gasteiger partial charge in [0.25, 0.3) is 0 Å². The number of pyridine rings is 1. The molecule has 1 atom stereocenters. The Morgan fingerprint density at radius 3 is 2.79 bits per heavy atom. The lowest BCUT2D eigenvalue weighted by Gasteiger charge is -2.20. The van der Waals surface area contributed by atoms with Crippen molar-refractivity contribution >= 4 is 21.7 Å². The summed E-state index contributed by atoms with van der Waals surface area (Å²) in [6, 6.07) is 3.64. The Labute approximate surface area is 91.1 Å². The molecular weight excluding hydrogens is 248 g/mol. The Morgan fingerprint density at radius 1 is 1.57 bits per heavy atom. The predicted octanol–water partition coefficient (Wildman–Crippen LogP) is 0.999. The number of nitrogens with zero attached hydrogens (tertiary/aromatic N) is 1. The van der Waals surface area contributed by atoms with E-state index in [0.29, 0.717) is 5.82 Å². The summed E-state index contributed by atoms with van der Waals surface area (Å²) in [5.74, 6) is 0.668. The SMILES string of the molecule is CC(O)(CO)CNc1ccc(Br)cn1. The van der Waals surface area contributed by atoms with Crippen LogP contribution in [-0.2, 0) is 0 Å². The second kappa shape index (κ2) is 4.72. The summed E-state index contributed by atoms with van der Waals surface area (Å²) in [5, 5.41) is 21.2. The zero-order chi connectivity index (χ0) is 10.6. The highest BCUT2D eigenvalue weighted by Crippen LogP contribution is 2.11. The Bertz CT molecular complexity index is 287. The molecule has 0 aromatic carbocycles. The van der Waals surface area contributed by atoms with Gasteiger partial charge in [0, 0.05) is 17.2 Å². The van der Waals surface area contributed by atoms with E-state index in [9.17, 15) is 5.11 Å². The van der Waals surface area contributed by atoms with Crippen molar-refractivity contribution in [2.75, 3.05) is 18.5 Å². The van der Waals surface area contributed by atoms with E-state index < -0.39 is 5.60 Å². The van der Waals surface area contributed by atoms with Crippen LogP contribution >= 0.6 is 15.9 Å². The molecule has 0 aliphatic rings. The third-order valence-corrected chi connectivity index (χ3v) is 2.19. The lowest BCUT2D eigenvalue weighted by molar-refractivity contribution is 0.0132. The third-order valence-electron chi connectivity index (χ3n) is 1.72. The van der Waals surface area contributed by atoms with Crippen LogP contribution in [0.15, 0.2) is 22.8 Å². The van der Waals surface area contributed by atoms with E-state index >= 15 is 0 Å². The van der Waals surface area contributed by atoms with Crippen molar-refractivity contribution in [1.82, 2.24) is 4.98 Å². The van der Waals surface area contributed by atoms with E-state index in [2.05, 4.69) is 26.2 Å². The van der Waals surface area contributed by atoms with Crippen LogP contribution in [0.1, 0.15) is 6.92 Å². The van der Waals surface area contributed by atoms with Crippen molar-refractivity contribution < 1.29 is 10.2 Å². The average molecular weight is 261 g/mol. The molecule has 4 nitrogen and oxygen atoms in total. The first-order chi connectivity index (χ1) is 6.53. The fourth-order valence-corrected chi connectivity index (χ4v) is 1.05. The number of hydrogen-bond donors (Lipinski definition) is 3. The van der Waals surface area contributed by atoms with Crippen molar-refractivity contribution in [3.63, 3.8) is 0 Å².